The van der Waals surface area contributed by atoms with Gasteiger partial charge in [0.2, 0.25) is 5.91 Å². The summed E-state index contributed by atoms with van der Waals surface area (Å²) in [5, 5.41) is 5.90. The molecule has 0 radical (unpaired) electrons. The summed E-state index contributed by atoms with van der Waals surface area (Å²) in [4.78, 5) is 38.9. The minimum absolute atomic E-state index is 0.0290. The van der Waals surface area contributed by atoms with E-state index in [4.69, 9.17) is 4.74 Å². The standard InChI is InChI=1S/C23H21N3O4/c1-15-21(19-10-3-4-11-20(19)25-15)22(28)23(29)24-12-5-6-13-30-18-9-7-8-17(14-18)26-16(2)27/h3-4,7-11,14,25H,12-13H2,1-2H3,(H,24,29)(H,26,27). The van der Waals surface area contributed by atoms with Gasteiger partial charge in [0.1, 0.15) is 12.4 Å². The van der Waals surface area contributed by atoms with Crippen molar-refractivity contribution in [3.63, 3.8) is 0 Å². The van der Waals surface area contributed by atoms with E-state index in [1.165, 1.54) is 6.92 Å². The van der Waals surface area contributed by atoms with Gasteiger partial charge in [0, 0.05) is 35.3 Å². The predicted octanol–water partition coefficient (Wildman–Crippen LogP) is 2.82. The third-order valence-electron chi connectivity index (χ3n) is 4.25. The molecule has 0 spiro atoms. The summed E-state index contributed by atoms with van der Waals surface area (Å²) >= 11 is 0. The number of aryl methyl sites for hydroxylation is 1. The van der Waals surface area contributed by atoms with E-state index in [0.717, 1.165) is 10.9 Å². The molecule has 0 bridgehead atoms. The first-order valence-electron chi connectivity index (χ1n) is 9.31. The summed E-state index contributed by atoms with van der Waals surface area (Å²) in [6.45, 7) is 3.33. The average Bonchev–Trinajstić information content (AvgIpc) is 3.05. The largest absolute Gasteiger partial charge is 0.481 e. The number of carbonyl (C=O) groups excluding carboxylic acids is 3. The summed E-state index contributed by atoms with van der Waals surface area (Å²) in [7, 11) is 0. The van der Waals surface area contributed by atoms with Crippen LogP contribution in [0.1, 0.15) is 23.0 Å². The van der Waals surface area contributed by atoms with Crippen molar-refractivity contribution in [1.82, 2.24) is 10.3 Å². The van der Waals surface area contributed by atoms with Crippen LogP contribution in [0.2, 0.25) is 0 Å². The number of nitrogens with one attached hydrogen (secondary N) is 3. The quantitative estimate of drug-likeness (QED) is 0.335. The second-order valence-electron chi connectivity index (χ2n) is 6.53. The molecule has 0 fully saturated rings. The van der Waals surface area contributed by atoms with E-state index in [9.17, 15) is 14.4 Å². The molecule has 0 saturated heterocycles. The van der Waals surface area contributed by atoms with Gasteiger partial charge in [-0.2, -0.15) is 0 Å². The Balaban J connectivity index is 1.50. The van der Waals surface area contributed by atoms with Crippen LogP contribution in [-0.2, 0) is 9.59 Å². The van der Waals surface area contributed by atoms with Gasteiger partial charge in [0.15, 0.2) is 0 Å². The molecule has 2 amide bonds. The highest BCUT2D eigenvalue weighted by Gasteiger charge is 2.21. The van der Waals surface area contributed by atoms with Crippen LogP contribution in [0, 0.1) is 18.8 Å². The number of aromatic nitrogens is 1. The number of hydrogen-bond donors (Lipinski definition) is 3. The molecule has 0 aliphatic heterocycles. The Labute approximate surface area is 173 Å². The number of aromatic amines is 1. The van der Waals surface area contributed by atoms with Gasteiger partial charge >= 0.3 is 0 Å². The van der Waals surface area contributed by atoms with Crippen molar-refractivity contribution in [1.29, 1.82) is 0 Å². The van der Waals surface area contributed by atoms with Gasteiger partial charge in [-0.1, -0.05) is 36.1 Å². The van der Waals surface area contributed by atoms with Crippen molar-refractivity contribution >= 4 is 34.2 Å². The fraction of sp³-hybridized carbons (Fsp3) is 0.174. The van der Waals surface area contributed by atoms with Crippen molar-refractivity contribution < 1.29 is 19.1 Å². The first-order valence-corrected chi connectivity index (χ1v) is 9.31. The lowest BCUT2D eigenvalue weighted by molar-refractivity contribution is -0.116. The molecule has 3 rings (SSSR count). The summed E-state index contributed by atoms with van der Waals surface area (Å²) in [6.07, 6.45) is 0. The van der Waals surface area contributed by atoms with E-state index in [-0.39, 0.29) is 19.1 Å². The summed E-state index contributed by atoms with van der Waals surface area (Å²) < 4.78 is 5.50. The first kappa shape index (κ1) is 20.7. The molecule has 7 heteroatoms. The van der Waals surface area contributed by atoms with E-state index >= 15 is 0 Å². The zero-order valence-corrected chi connectivity index (χ0v) is 16.7. The maximum atomic E-state index is 12.5. The molecule has 1 aromatic heterocycles. The molecule has 0 aliphatic carbocycles. The van der Waals surface area contributed by atoms with Crippen LogP contribution < -0.4 is 15.4 Å². The number of benzene rings is 2. The molecule has 0 aliphatic rings. The van der Waals surface area contributed by atoms with Crippen molar-refractivity contribution in [2.24, 2.45) is 0 Å². The lowest BCUT2D eigenvalue weighted by atomic mass is 10.1. The Morgan fingerprint density at radius 2 is 1.87 bits per heavy atom. The van der Waals surface area contributed by atoms with Gasteiger partial charge in [-0.15, -0.1) is 0 Å². The minimum Gasteiger partial charge on any atom is -0.481 e. The third-order valence-corrected chi connectivity index (χ3v) is 4.25. The lowest BCUT2D eigenvalue weighted by Gasteiger charge is -2.05. The number of ether oxygens (including phenoxy) is 1. The van der Waals surface area contributed by atoms with Gasteiger partial charge < -0.3 is 20.4 Å². The van der Waals surface area contributed by atoms with Gasteiger partial charge in [0.05, 0.1) is 12.1 Å². The van der Waals surface area contributed by atoms with Crippen LogP contribution in [-0.4, -0.2) is 35.7 Å². The van der Waals surface area contributed by atoms with Gasteiger partial charge in [-0.25, -0.2) is 0 Å². The van der Waals surface area contributed by atoms with Crippen LogP contribution >= 0.6 is 0 Å². The Kier molecular flexibility index (Phi) is 6.50. The number of anilines is 1. The highest BCUT2D eigenvalue weighted by atomic mass is 16.5. The Bertz CT molecular complexity index is 1170. The zero-order chi connectivity index (χ0) is 21.5. The van der Waals surface area contributed by atoms with Crippen molar-refractivity contribution in [3.8, 4) is 17.6 Å². The highest BCUT2D eigenvalue weighted by Crippen LogP contribution is 2.22. The van der Waals surface area contributed by atoms with Gasteiger partial charge in [0.25, 0.3) is 11.7 Å². The lowest BCUT2D eigenvalue weighted by Crippen LogP contribution is -2.31. The van der Waals surface area contributed by atoms with Crippen LogP contribution in [0.4, 0.5) is 5.69 Å². The number of rotatable bonds is 6. The normalized spacial score (nSPS) is 10.1. The average molecular weight is 403 g/mol. The van der Waals surface area contributed by atoms with E-state index in [0.29, 0.717) is 22.7 Å². The molecule has 7 nitrogen and oxygen atoms in total. The third kappa shape index (κ3) is 5.06. The smallest absolute Gasteiger partial charge is 0.293 e. The number of Topliss-reactive ketones (excluding diaryl/α,β-unsaturated/α-hetero) is 1. The van der Waals surface area contributed by atoms with Crippen LogP contribution in [0.3, 0.4) is 0 Å². The number of carbonyl (C=O) groups is 3. The van der Waals surface area contributed by atoms with E-state index in [1.807, 2.05) is 18.2 Å². The Morgan fingerprint density at radius 3 is 2.67 bits per heavy atom. The second-order valence-corrected chi connectivity index (χ2v) is 6.53. The molecule has 3 N–H and O–H groups in total. The molecule has 0 unspecified atom stereocenters. The van der Waals surface area contributed by atoms with Gasteiger partial charge in [-0.3, -0.25) is 14.4 Å². The van der Waals surface area contributed by atoms with Crippen molar-refractivity contribution in [3.05, 3.63) is 59.8 Å². The summed E-state index contributed by atoms with van der Waals surface area (Å²) in [5.74, 6) is 4.61. The van der Waals surface area contributed by atoms with Crippen molar-refractivity contribution in [2.45, 2.75) is 13.8 Å². The molecular weight excluding hydrogens is 382 g/mol. The number of amides is 2. The number of hydrogen-bond acceptors (Lipinski definition) is 4. The van der Waals surface area contributed by atoms with E-state index < -0.39 is 11.7 Å². The molecule has 152 valence electrons. The summed E-state index contributed by atoms with van der Waals surface area (Å²) in [5.41, 5.74) is 2.47. The van der Waals surface area contributed by atoms with E-state index in [2.05, 4.69) is 27.5 Å². The fourth-order valence-corrected chi connectivity index (χ4v) is 2.99. The zero-order valence-electron chi connectivity index (χ0n) is 16.7. The minimum atomic E-state index is -0.707. The number of fused-ring (bicyclic) bond motifs is 1. The van der Waals surface area contributed by atoms with Crippen LogP contribution in [0.5, 0.6) is 5.75 Å². The number of para-hydroxylation sites is 1. The fourth-order valence-electron chi connectivity index (χ4n) is 2.99. The van der Waals surface area contributed by atoms with E-state index in [1.54, 1.807) is 37.3 Å². The maximum absolute atomic E-state index is 12.5. The van der Waals surface area contributed by atoms with Crippen LogP contribution in [0.15, 0.2) is 48.5 Å². The molecular formula is C23H21N3O4. The molecule has 1 heterocycles. The molecule has 3 aromatic rings. The molecule has 2 aromatic carbocycles. The topological polar surface area (TPSA) is 100 Å². The Hall–Kier alpha value is -4.05. The second kappa shape index (κ2) is 9.43. The number of H-pyrrole nitrogens is 1. The molecule has 30 heavy (non-hydrogen) atoms. The maximum Gasteiger partial charge on any atom is 0.293 e. The summed E-state index contributed by atoms with van der Waals surface area (Å²) in [6, 6.07) is 14.3. The predicted molar refractivity (Wildman–Crippen MR) is 114 cm³/mol. The molecule has 0 atom stereocenters. The SMILES string of the molecule is CC(=O)Nc1cccc(OCC#CCNC(=O)C(=O)c2c(C)[nH]c3ccccc23)c1. The molecule has 0 saturated carbocycles. The first-order chi connectivity index (χ1) is 14.5. The highest BCUT2D eigenvalue weighted by molar-refractivity contribution is 6.45. The van der Waals surface area contributed by atoms with Gasteiger partial charge in [-0.05, 0) is 25.1 Å². The van der Waals surface area contributed by atoms with Crippen LogP contribution in [0.25, 0.3) is 10.9 Å². The number of ketones is 1. The Morgan fingerprint density at radius 1 is 1.07 bits per heavy atom. The monoisotopic (exact) mass is 403 g/mol. The van der Waals surface area contributed by atoms with Crippen molar-refractivity contribution in [2.75, 3.05) is 18.5 Å².